The molecule has 1 atom stereocenters. The molecule has 222 valence electrons. The van der Waals surface area contributed by atoms with Crippen molar-refractivity contribution in [3.63, 3.8) is 0 Å². The van der Waals surface area contributed by atoms with Crippen LogP contribution in [0.2, 0.25) is 5.02 Å². The van der Waals surface area contributed by atoms with E-state index < -0.39 is 23.1 Å². The van der Waals surface area contributed by atoms with Crippen LogP contribution in [-0.4, -0.2) is 46.1 Å². The van der Waals surface area contributed by atoms with Crippen molar-refractivity contribution < 1.29 is 17.9 Å². The fourth-order valence-corrected chi connectivity index (χ4v) is 6.02. The highest BCUT2D eigenvalue weighted by molar-refractivity contribution is 6.33. The van der Waals surface area contributed by atoms with Crippen LogP contribution in [0, 0.1) is 11.6 Å². The first-order valence-corrected chi connectivity index (χ1v) is 14.3. The summed E-state index contributed by atoms with van der Waals surface area (Å²) in [6.45, 7) is 4.45. The number of hydrogen-bond donors (Lipinski definition) is 1. The van der Waals surface area contributed by atoms with E-state index in [-0.39, 0.29) is 33.7 Å². The highest BCUT2D eigenvalue weighted by Gasteiger charge is 2.28. The number of hydrogen-bond acceptors (Lipinski definition) is 8. The van der Waals surface area contributed by atoms with E-state index in [0.29, 0.717) is 40.5 Å². The van der Waals surface area contributed by atoms with Crippen LogP contribution in [0.3, 0.4) is 0 Å². The summed E-state index contributed by atoms with van der Waals surface area (Å²) in [4.78, 5) is 24.7. The summed E-state index contributed by atoms with van der Waals surface area (Å²) < 4.78 is 42.5. The van der Waals surface area contributed by atoms with Crippen LogP contribution in [0.1, 0.15) is 18.7 Å². The number of nitrogen functional groups attached to an aromatic ring is 1. The van der Waals surface area contributed by atoms with Crippen LogP contribution in [0.15, 0.2) is 76.2 Å². The van der Waals surface area contributed by atoms with Gasteiger partial charge in [0.05, 0.1) is 34.9 Å². The summed E-state index contributed by atoms with van der Waals surface area (Å²) >= 11 is 6.77. The Morgan fingerprint density at radius 1 is 0.977 bits per heavy atom. The van der Waals surface area contributed by atoms with Crippen molar-refractivity contribution in [3.05, 3.63) is 99.6 Å². The number of nitrogens with zero attached hydrogens (tertiary/aromatic N) is 5. The Morgan fingerprint density at radius 2 is 1.77 bits per heavy atom. The average molecular weight is 615 g/mol. The Morgan fingerprint density at radius 3 is 2.55 bits per heavy atom. The number of nitrogens with two attached hydrogens (primary N) is 1. The average Bonchev–Trinajstić information content (AvgIpc) is 3.42. The molecule has 1 unspecified atom stereocenters. The molecule has 1 aliphatic heterocycles. The molecule has 1 fully saturated rings. The zero-order valence-corrected chi connectivity index (χ0v) is 24.2. The molecule has 2 N–H and O–H groups in total. The topological polar surface area (TPSA) is 112 Å². The highest BCUT2D eigenvalue weighted by atomic mass is 35.5. The number of aromatic nitrogens is 4. The molecule has 4 heterocycles. The summed E-state index contributed by atoms with van der Waals surface area (Å²) in [5, 5.41) is 5.68. The van der Waals surface area contributed by atoms with Gasteiger partial charge in [0.1, 0.15) is 52.2 Å². The monoisotopic (exact) mass is 614 g/mol. The molecule has 0 amide bonds. The Labute approximate surface area is 254 Å². The van der Waals surface area contributed by atoms with Crippen LogP contribution < -0.4 is 16.1 Å². The van der Waals surface area contributed by atoms with Gasteiger partial charge in [-0.15, -0.1) is 0 Å². The van der Waals surface area contributed by atoms with Gasteiger partial charge in [0.2, 0.25) is 5.43 Å². The van der Waals surface area contributed by atoms with Gasteiger partial charge in [-0.25, -0.2) is 23.4 Å². The van der Waals surface area contributed by atoms with Gasteiger partial charge >= 0.3 is 0 Å². The van der Waals surface area contributed by atoms with Crippen molar-refractivity contribution >= 4 is 45.1 Å². The second kappa shape index (κ2) is 11.0. The molecule has 1 saturated heterocycles. The van der Waals surface area contributed by atoms with Gasteiger partial charge in [-0.05, 0) is 48.9 Å². The molecule has 7 rings (SSSR count). The number of halogens is 3. The van der Waals surface area contributed by atoms with Gasteiger partial charge in [-0.2, -0.15) is 5.10 Å². The molecule has 6 aromatic rings. The van der Waals surface area contributed by atoms with E-state index in [1.54, 1.807) is 17.7 Å². The predicted molar refractivity (Wildman–Crippen MR) is 165 cm³/mol. The lowest BCUT2D eigenvalue weighted by Gasteiger charge is -2.29. The van der Waals surface area contributed by atoms with Crippen molar-refractivity contribution in [2.45, 2.75) is 13.0 Å². The van der Waals surface area contributed by atoms with E-state index in [0.717, 1.165) is 18.8 Å². The number of morpholine rings is 1. The van der Waals surface area contributed by atoms with Crippen molar-refractivity contribution in [1.82, 2.24) is 19.7 Å². The summed E-state index contributed by atoms with van der Waals surface area (Å²) in [5.41, 5.74) is 8.44. The van der Waals surface area contributed by atoms with Crippen molar-refractivity contribution in [2.75, 3.05) is 36.9 Å². The van der Waals surface area contributed by atoms with Gasteiger partial charge in [0.15, 0.2) is 5.65 Å². The van der Waals surface area contributed by atoms with E-state index in [2.05, 4.69) is 14.9 Å². The summed E-state index contributed by atoms with van der Waals surface area (Å²) in [6.07, 6.45) is 1.32. The second-order valence-electron chi connectivity index (χ2n) is 10.5. The van der Waals surface area contributed by atoms with Crippen LogP contribution in [-0.2, 0) is 4.74 Å². The lowest BCUT2D eigenvalue weighted by Crippen LogP contribution is -2.36. The standard InChI is InChI=1S/C32H25ClF2N6O3/c1-17(30-25(18-4-2-5-20(34)14-18)29(42)26-22(35)6-3-7-24(26)44-30)41-32-27(31(36)37-16-38-32)28(39-41)19-8-9-23(21(33)15-19)40-10-12-43-13-11-40/h2-9,14-17H,10-13H2,1H3,(H2,36,37,38). The van der Waals surface area contributed by atoms with Crippen molar-refractivity contribution in [2.24, 2.45) is 0 Å². The SMILES string of the molecule is CC(c1oc2cccc(F)c2c(=O)c1-c1cccc(F)c1)n1nc(-c2ccc(N3CCOCC3)c(Cl)c2)c2c(N)ncnc21. The van der Waals surface area contributed by atoms with Crippen LogP contribution in [0.4, 0.5) is 20.3 Å². The molecule has 44 heavy (non-hydrogen) atoms. The largest absolute Gasteiger partial charge is 0.458 e. The van der Waals surface area contributed by atoms with E-state index in [4.69, 9.17) is 31.6 Å². The normalized spacial score (nSPS) is 14.4. The molecule has 0 radical (unpaired) electrons. The first-order chi connectivity index (χ1) is 21.3. The quantitative estimate of drug-likeness (QED) is 0.243. The molecule has 0 bridgehead atoms. The summed E-state index contributed by atoms with van der Waals surface area (Å²) in [7, 11) is 0. The first-order valence-electron chi connectivity index (χ1n) is 13.9. The maximum atomic E-state index is 14.9. The van der Waals surface area contributed by atoms with Crippen LogP contribution in [0.5, 0.6) is 0 Å². The number of benzene rings is 3. The Balaban J connectivity index is 1.43. The second-order valence-corrected chi connectivity index (χ2v) is 10.9. The molecule has 3 aromatic heterocycles. The minimum atomic E-state index is -0.776. The molecule has 12 heteroatoms. The van der Waals surface area contributed by atoms with Gasteiger partial charge in [0, 0.05) is 18.7 Å². The van der Waals surface area contributed by atoms with E-state index >= 15 is 0 Å². The lowest BCUT2D eigenvalue weighted by molar-refractivity contribution is 0.122. The van der Waals surface area contributed by atoms with E-state index in [1.807, 2.05) is 18.2 Å². The predicted octanol–water partition coefficient (Wildman–Crippen LogP) is 6.23. The third-order valence-electron chi connectivity index (χ3n) is 7.85. The molecule has 0 spiro atoms. The molecular formula is C32H25ClF2N6O3. The minimum Gasteiger partial charge on any atom is -0.458 e. The van der Waals surface area contributed by atoms with Gasteiger partial charge in [-0.3, -0.25) is 4.79 Å². The molecule has 3 aromatic carbocycles. The van der Waals surface area contributed by atoms with E-state index in [1.165, 1.54) is 42.7 Å². The summed E-state index contributed by atoms with van der Waals surface area (Å²) in [6, 6.07) is 14.5. The Kier molecular flexibility index (Phi) is 6.98. The lowest BCUT2D eigenvalue weighted by atomic mass is 9.99. The number of rotatable bonds is 5. The van der Waals surface area contributed by atoms with Gasteiger partial charge in [0.25, 0.3) is 0 Å². The minimum absolute atomic E-state index is 0.0136. The number of fused-ring (bicyclic) bond motifs is 2. The zero-order valence-electron chi connectivity index (χ0n) is 23.4. The fraction of sp³-hybridized carbons (Fsp3) is 0.188. The Bertz CT molecular complexity index is 2130. The molecule has 9 nitrogen and oxygen atoms in total. The fourth-order valence-electron chi connectivity index (χ4n) is 5.72. The maximum Gasteiger partial charge on any atom is 0.203 e. The smallest absolute Gasteiger partial charge is 0.203 e. The molecule has 0 saturated carbocycles. The molecule has 0 aliphatic carbocycles. The van der Waals surface area contributed by atoms with Crippen LogP contribution >= 0.6 is 11.6 Å². The van der Waals surface area contributed by atoms with Gasteiger partial charge < -0.3 is 19.8 Å². The first kappa shape index (κ1) is 27.9. The van der Waals surface area contributed by atoms with E-state index in [9.17, 15) is 13.6 Å². The maximum absolute atomic E-state index is 14.9. The molecule has 1 aliphatic rings. The zero-order chi connectivity index (χ0) is 30.5. The number of ether oxygens (including phenoxy) is 1. The third kappa shape index (κ3) is 4.65. The van der Waals surface area contributed by atoms with Gasteiger partial charge in [-0.1, -0.05) is 35.9 Å². The van der Waals surface area contributed by atoms with Crippen molar-refractivity contribution in [1.29, 1.82) is 0 Å². The Hall–Kier alpha value is -4.87. The number of anilines is 2. The highest BCUT2D eigenvalue weighted by Crippen LogP contribution is 2.38. The molecular weight excluding hydrogens is 590 g/mol. The summed E-state index contributed by atoms with van der Waals surface area (Å²) in [5.74, 6) is -0.950. The third-order valence-corrected chi connectivity index (χ3v) is 8.15. The van der Waals surface area contributed by atoms with Crippen LogP contribution in [0.25, 0.3) is 44.4 Å². The van der Waals surface area contributed by atoms with Crippen molar-refractivity contribution in [3.8, 4) is 22.4 Å².